The number of fused-ring (bicyclic) bond motifs is 3. The lowest BCUT2D eigenvalue weighted by atomic mass is 9.84. The van der Waals surface area contributed by atoms with E-state index in [1.165, 1.54) is 49.7 Å². The van der Waals surface area contributed by atoms with Gasteiger partial charge in [-0.05, 0) is 44.0 Å². The van der Waals surface area contributed by atoms with Gasteiger partial charge in [-0.1, -0.05) is 11.3 Å². The van der Waals surface area contributed by atoms with Crippen molar-refractivity contribution in [2.24, 2.45) is 5.92 Å². The molecule has 0 radical (unpaired) electrons. The SMILES string of the molecule is O=C(N[C@H]1CN2CCC1CC2)c1ccc(Oc2ncco2)s1. The van der Waals surface area contributed by atoms with Gasteiger partial charge >= 0.3 is 6.08 Å². The largest absolute Gasteiger partial charge is 0.417 e. The summed E-state index contributed by atoms with van der Waals surface area (Å²) in [5, 5.41) is 3.77. The summed E-state index contributed by atoms with van der Waals surface area (Å²) in [5.41, 5.74) is 0. The number of nitrogens with zero attached hydrogens (tertiary/aromatic N) is 2. The lowest BCUT2D eigenvalue weighted by molar-refractivity contribution is 0.0622. The third-order valence-electron chi connectivity index (χ3n) is 4.38. The van der Waals surface area contributed by atoms with Crippen LogP contribution >= 0.6 is 11.3 Å². The third-order valence-corrected chi connectivity index (χ3v) is 5.34. The Balaban J connectivity index is 1.39. The Morgan fingerprint density at radius 3 is 2.95 bits per heavy atom. The monoisotopic (exact) mass is 319 g/mol. The Morgan fingerprint density at radius 1 is 1.41 bits per heavy atom. The number of carbonyl (C=O) groups excluding carboxylic acids is 1. The fraction of sp³-hybridized carbons (Fsp3) is 0.467. The van der Waals surface area contributed by atoms with Crippen LogP contribution in [0.2, 0.25) is 0 Å². The second kappa shape index (κ2) is 5.73. The van der Waals surface area contributed by atoms with Gasteiger partial charge in [0.05, 0.1) is 11.1 Å². The molecule has 5 rings (SSSR count). The number of oxazole rings is 1. The number of ether oxygens (including phenoxy) is 1. The highest BCUT2D eigenvalue weighted by Crippen LogP contribution is 2.30. The van der Waals surface area contributed by atoms with Crippen LogP contribution in [0.25, 0.3) is 0 Å². The number of hydrogen-bond donors (Lipinski definition) is 1. The van der Waals surface area contributed by atoms with Crippen LogP contribution < -0.4 is 10.1 Å². The molecule has 3 aliphatic heterocycles. The predicted octanol–water partition coefficient (Wildman–Crippen LogP) is 2.35. The van der Waals surface area contributed by atoms with E-state index in [-0.39, 0.29) is 18.0 Å². The van der Waals surface area contributed by atoms with E-state index in [1.807, 2.05) is 0 Å². The van der Waals surface area contributed by atoms with E-state index in [2.05, 4.69) is 15.2 Å². The predicted molar refractivity (Wildman–Crippen MR) is 81.3 cm³/mol. The van der Waals surface area contributed by atoms with Crippen molar-refractivity contribution in [2.45, 2.75) is 18.9 Å². The molecule has 2 aromatic heterocycles. The maximum Gasteiger partial charge on any atom is 0.399 e. The van der Waals surface area contributed by atoms with Gasteiger partial charge < -0.3 is 19.4 Å². The zero-order valence-electron chi connectivity index (χ0n) is 12.0. The average Bonchev–Trinajstić information content (AvgIpc) is 3.21. The summed E-state index contributed by atoms with van der Waals surface area (Å²) in [6.45, 7) is 3.32. The summed E-state index contributed by atoms with van der Waals surface area (Å²) < 4.78 is 10.5. The first-order chi connectivity index (χ1) is 10.8. The number of aromatic nitrogens is 1. The van der Waals surface area contributed by atoms with E-state index in [9.17, 15) is 4.79 Å². The first kappa shape index (κ1) is 13.8. The molecule has 3 aliphatic rings. The Hall–Kier alpha value is -1.86. The molecule has 1 N–H and O–H groups in total. The molecule has 1 amide bonds. The van der Waals surface area contributed by atoms with Crippen LogP contribution in [-0.2, 0) is 0 Å². The summed E-state index contributed by atoms with van der Waals surface area (Å²) >= 11 is 1.30. The zero-order chi connectivity index (χ0) is 14.9. The summed E-state index contributed by atoms with van der Waals surface area (Å²) in [7, 11) is 0. The summed E-state index contributed by atoms with van der Waals surface area (Å²) in [5.74, 6) is 0.600. The zero-order valence-corrected chi connectivity index (χ0v) is 12.8. The second-order valence-corrected chi connectivity index (χ2v) is 6.78. The topological polar surface area (TPSA) is 67.6 Å². The van der Waals surface area contributed by atoms with Gasteiger partial charge in [0.15, 0.2) is 5.06 Å². The molecule has 116 valence electrons. The minimum Gasteiger partial charge on any atom is -0.417 e. The van der Waals surface area contributed by atoms with Gasteiger partial charge in [-0.25, -0.2) is 0 Å². The number of carbonyl (C=O) groups is 1. The maximum absolute atomic E-state index is 12.4. The number of nitrogens with one attached hydrogen (secondary N) is 1. The number of rotatable bonds is 4. The highest BCUT2D eigenvalue weighted by atomic mass is 32.1. The van der Waals surface area contributed by atoms with Crippen molar-refractivity contribution < 1.29 is 13.9 Å². The molecular weight excluding hydrogens is 302 g/mol. The standard InChI is InChI=1S/C15H17N3O3S/c19-14(17-11-9-18-6-3-10(11)4-7-18)12-1-2-13(22-12)21-15-16-5-8-20-15/h1-2,5,8,10-11H,3-4,6-7,9H2,(H,17,19)/t11-/m0/s1. The maximum atomic E-state index is 12.4. The molecule has 0 saturated carbocycles. The van der Waals surface area contributed by atoms with Crippen molar-refractivity contribution in [2.75, 3.05) is 19.6 Å². The van der Waals surface area contributed by atoms with Gasteiger partial charge in [0.25, 0.3) is 5.91 Å². The minimum atomic E-state index is -0.0222. The first-order valence-electron chi connectivity index (χ1n) is 7.48. The fourth-order valence-electron chi connectivity index (χ4n) is 3.21. The first-order valence-corrected chi connectivity index (χ1v) is 8.30. The lowest BCUT2D eigenvalue weighted by Gasteiger charge is -2.44. The summed E-state index contributed by atoms with van der Waals surface area (Å²) in [4.78, 5) is 19.4. The summed E-state index contributed by atoms with van der Waals surface area (Å²) in [6.07, 6.45) is 5.53. The Labute approximate surface area is 132 Å². The number of thiophene rings is 1. The van der Waals surface area contributed by atoms with Gasteiger partial charge in [0.2, 0.25) is 0 Å². The molecule has 2 aromatic rings. The lowest BCUT2D eigenvalue weighted by Crippen LogP contribution is -2.57. The van der Waals surface area contributed by atoms with E-state index in [0.717, 1.165) is 6.54 Å². The van der Waals surface area contributed by atoms with E-state index in [0.29, 0.717) is 15.9 Å². The van der Waals surface area contributed by atoms with Crippen molar-refractivity contribution in [3.63, 3.8) is 0 Å². The second-order valence-electron chi connectivity index (χ2n) is 5.74. The van der Waals surface area contributed by atoms with Crippen LogP contribution in [0.3, 0.4) is 0 Å². The van der Waals surface area contributed by atoms with Crippen LogP contribution in [0, 0.1) is 5.92 Å². The smallest absolute Gasteiger partial charge is 0.399 e. The van der Waals surface area contributed by atoms with E-state index >= 15 is 0 Å². The molecule has 5 heterocycles. The fourth-order valence-corrected chi connectivity index (χ4v) is 3.97. The van der Waals surface area contributed by atoms with Crippen molar-refractivity contribution in [3.8, 4) is 11.1 Å². The minimum absolute atomic E-state index is 0.0222. The van der Waals surface area contributed by atoms with Gasteiger partial charge in [0.1, 0.15) is 6.26 Å². The van der Waals surface area contributed by atoms with Crippen LogP contribution in [0.15, 0.2) is 29.0 Å². The molecule has 6 nitrogen and oxygen atoms in total. The van der Waals surface area contributed by atoms with Gasteiger partial charge in [-0.15, -0.1) is 0 Å². The average molecular weight is 319 g/mol. The van der Waals surface area contributed by atoms with Crippen LogP contribution in [0.5, 0.6) is 11.1 Å². The number of piperidine rings is 3. The van der Waals surface area contributed by atoms with Gasteiger partial charge in [-0.2, -0.15) is 4.98 Å². The molecule has 0 aliphatic carbocycles. The highest BCUT2D eigenvalue weighted by molar-refractivity contribution is 7.15. The Morgan fingerprint density at radius 2 is 2.27 bits per heavy atom. The van der Waals surface area contributed by atoms with Crippen molar-refractivity contribution >= 4 is 17.2 Å². The molecule has 7 heteroatoms. The van der Waals surface area contributed by atoms with E-state index in [1.54, 1.807) is 12.1 Å². The van der Waals surface area contributed by atoms with E-state index in [4.69, 9.17) is 9.15 Å². The van der Waals surface area contributed by atoms with Crippen LogP contribution in [0.1, 0.15) is 22.5 Å². The third kappa shape index (κ3) is 2.74. The number of amides is 1. The van der Waals surface area contributed by atoms with Crippen LogP contribution in [0.4, 0.5) is 0 Å². The Kier molecular flexibility index (Phi) is 3.59. The molecule has 0 aromatic carbocycles. The van der Waals surface area contributed by atoms with Crippen molar-refractivity contribution in [1.82, 2.24) is 15.2 Å². The molecule has 1 atom stereocenters. The molecule has 0 unspecified atom stereocenters. The van der Waals surface area contributed by atoms with Crippen molar-refractivity contribution in [1.29, 1.82) is 0 Å². The molecule has 0 spiro atoms. The summed E-state index contributed by atoms with van der Waals surface area (Å²) in [6, 6.07) is 3.81. The van der Waals surface area contributed by atoms with Gasteiger partial charge in [0, 0.05) is 12.6 Å². The Bertz CT molecular complexity index is 647. The molecular formula is C15H17N3O3S. The van der Waals surface area contributed by atoms with Gasteiger partial charge in [-0.3, -0.25) is 4.79 Å². The quantitative estimate of drug-likeness (QED) is 0.937. The van der Waals surface area contributed by atoms with Crippen LogP contribution in [-0.4, -0.2) is 41.5 Å². The molecule has 2 bridgehead atoms. The van der Waals surface area contributed by atoms with E-state index < -0.39 is 0 Å². The normalized spacial score (nSPS) is 26.8. The highest BCUT2D eigenvalue weighted by Gasteiger charge is 2.35. The molecule has 3 fully saturated rings. The molecule has 3 saturated heterocycles. The number of hydrogen-bond acceptors (Lipinski definition) is 6. The van der Waals surface area contributed by atoms with Crippen molar-refractivity contribution in [3.05, 3.63) is 29.5 Å². The molecule has 22 heavy (non-hydrogen) atoms.